The zero-order valence-electron chi connectivity index (χ0n) is 8.30. The number of rotatable bonds is 3. The summed E-state index contributed by atoms with van der Waals surface area (Å²) in [5.41, 5.74) is 2.21. The van der Waals surface area contributed by atoms with Crippen molar-refractivity contribution in [2.45, 2.75) is 0 Å². The molecule has 2 heteroatoms. The molecular formula is C13H12N2. The first-order chi connectivity index (χ1) is 7.45. The van der Waals surface area contributed by atoms with Crippen molar-refractivity contribution in [2.75, 3.05) is 0 Å². The molecule has 0 amide bonds. The number of H-pyrrole nitrogens is 1. The van der Waals surface area contributed by atoms with Gasteiger partial charge >= 0.3 is 0 Å². The Morgan fingerprint density at radius 2 is 1.73 bits per heavy atom. The van der Waals surface area contributed by atoms with E-state index in [0.717, 1.165) is 5.69 Å². The first kappa shape index (κ1) is 9.46. The Bertz CT molecular complexity index is 439. The molecule has 1 aromatic carbocycles. The third-order valence-corrected chi connectivity index (χ3v) is 2.00. The van der Waals surface area contributed by atoms with Gasteiger partial charge in [-0.2, -0.15) is 5.10 Å². The Morgan fingerprint density at radius 3 is 2.47 bits per heavy atom. The fourth-order valence-corrected chi connectivity index (χ4v) is 1.25. The van der Waals surface area contributed by atoms with Gasteiger partial charge in [-0.3, -0.25) is 5.10 Å². The number of nitrogens with one attached hydrogen (secondary N) is 1. The van der Waals surface area contributed by atoms with E-state index in [-0.39, 0.29) is 0 Å². The van der Waals surface area contributed by atoms with Gasteiger partial charge in [-0.05, 0) is 17.7 Å². The summed E-state index contributed by atoms with van der Waals surface area (Å²) in [5, 5.41) is 6.72. The van der Waals surface area contributed by atoms with E-state index in [0.29, 0.717) is 0 Å². The molecule has 0 saturated carbocycles. The smallest absolute Gasteiger partial charge is 0.0577 e. The molecule has 15 heavy (non-hydrogen) atoms. The maximum atomic E-state index is 3.86. The molecule has 0 aliphatic rings. The SMILES string of the molecule is C(C=Cc1ccn[nH]1)=Cc1ccccc1. The lowest BCUT2D eigenvalue weighted by atomic mass is 10.2. The van der Waals surface area contributed by atoms with Crippen LogP contribution in [0.2, 0.25) is 0 Å². The normalized spacial score (nSPS) is 11.5. The van der Waals surface area contributed by atoms with E-state index in [4.69, 9.17) is 0 Å². The van der Waals surface area contributed by atoms with E-state index in [1.807, 2.05) is 42.5 Å². The molecule has 0 unspecified atom stereocenters. The summed E-state index contributed by atoms with van der Waals surface area (Å²) < 4.78 is 0. The van der Waals surface area contributed by atoms with Crippen LogP contribution in [0.15, 0.2) is 54.7 Å². The molecule has 0 fully saturated rings. The van der Waals surface area contributed by atoms with Gasteiger partial charge in [0.25, 0.3) is 0 Å². The molecule has 2 aromatic rings. The minimum atomic E-state index is 1.01. The highest BCUT2D eigenvalue weighted by molar-refractivity contribution is 5.55. The number of hydrogen-bond acceptors (Lipinski definition) is 1. The minimum absolute atomic E-state index is 1.01. The Hall–Kier alpha value is -2.09. The second-order valence-electron chi connectivity index (χ2n) is 3.14. The Labute approximate surface area is 89.0 Å². The van der Waals surface area contributed by atoms with E-state index < -0.39 is 0 Å². The average Bonchev–Trinajstić information content (AvgIpc) is 2.79. The quantitative estimate of drug-likeness (QED) is 0.750. The zero-order chi connectivity index (χ0) is 10.3. The van der Waals surface area contributed by atoms with Crippen molar-refractivity contribution in [3.63, 3.8) is 0 Å². The second-order valence-corrected chi connectivity index (χ2v) is 3.14. The van der Waals surface area contributed by atoms with Crippen LogP contribution in [0.3, 0.4) is 0 Å². The third kappa shape index (κ3) is 2.95. The molecule has 0 aliphatic carbocycles. The summed E-state index contributed by atoms with van der Waals surface area (Å²) in [6.07, 6.45) is 9.77. The highest BCUT2D eigenvalue weighted by Gasteiger charge is 1.83. The molecule has 2 nitrogen and oxygen atoms in total. The number of benzene rings is 1. The van der Waals surface area contributed by atoms with Gasteiger partial charge in [-0.1, -0.05) is 48.6 Å². The Morgan fingerprint density at radius 1 is 0.933 bits per heavy atom. The van der Waals surface area contributed by atoms with Gasteiger partial charge in [-0.25, -0.2) is 0 Å². The van der Waals surface area contributed by atoms with Gasteiger partial charge in [0.15, 0.2) is 0 Å². The molecule has 0 radical (unpaired) electrons. The highest BCUT2D eigenvalue weighted by Crippen LogP contribution is 2.02. The van der Waals surface area contributed by atoms with E-state index in [1.165, 1.54) is 5.56 Å². The van der Waals surface area contributed by atoms with Gasteiger partial charge in [0.2, 0.25) is 0 Å². The molecule has 0 spiro atoms. The van der Waals surface area contributed by atoms with Crippen molar-refractivity contribution in [3.05, 3.63) is 66.0 Å². The molecule has 0 saturated heterocycles. The first-order valence-corrected chi connectivity index (χ1v) is 4.84. The molecule has 0 bridgehead atoms. The van der Waals surface area contributed by atoms with Gasteiger partial charge in [0, 0.05) is 6.20 Å². The number of nitrogens with zero attached hydrogens (tertiary/aromatic N) is 1. The minimum Gasteiger partial charge on any atom is -0.278 e. The van der Waals surface area contributed by atoms with E-state index in [2.05, 4.69) is 28.4 Å². The van der Waals surface area contributed by atoms with Crippen LogP contribution >= 0.6 is 0 Å². The van der Waals surface area contributed by atoms with Crippen LogP contribution in [0.1, 0.15) is 11.3 Å². The maximum absolute atomic E-state index is 3.86. The summed E-state index contributed by atoms with van der Waals surface area (Å²) in [6.45, 7) is 0. The van der Waals surface area contributed by atoms with Gasteiger partial charge in [0.05, 0.1) is 5.69 Å². The van der Waals surface area contributed by atoms with Crippen molar-refractivity contribution in [2.24, 2.45) is 0 Å². The lowest BCUT2D eigenvalue weighted by Crippen LogP contribution is -1.69. The topological polar surface area (TPSA) is 28.7 Å². The average molecular weight is 196 g/mol. The predicted octanol–water partition coefficient (Wildman–Crippen LogP) is 3.14. The Kier molecular flexibility index (Phi) is 3.13. The fraction of sp³-hybridized carbons (Fsp3) is 0. The first-order valence-electron chi connectivity index (χ1n) is 4.84. The van der Waals surface area contributed by atoms with Crippen LogP contribution in [0, 0.1) is 0 Å². The van der Waals surface area contributed by atoms with Crippen LogP contribution in [0.5, 0.6) is 0 Å². The highest BCUT2D eigenvalue weighted by atomic mass is 15.1. The van der Waals surface area contributed by atoms with Gasteiger partial charge < -0.3 is 0 Å². The molecule has 74 valence electrons. The number of aromatic amines is 1. The predicted molar refractivity (Wildman–Crippen MR) is 63.1 cm³/mol. The van der Waals surface area contributed by atoms with Crippen LogP contribution in [0.4, 0.5) is 0 Å². The van der Waals surface area contributed by atoms with Crippen molar-refractivity contribution >= 4 is 12.2 Å². The van der Waals surface area contributed by atoms with Crippen molar-refractivity contribution in [3.8, 4) is 0 Å². The lowest BCUT2D eigenvalue weighted by molar-refractivity contribution is 1.08. The molecule has 0 aliphatic heterocycles. The van der Waals surface area contributed by atoms with Crippen LogP contribution < -0.4 is 0 Å². The molecule has 0 atom stereocenters. The van der Waals surface area contributed by atoms with E-state index in [1.54, 1.807) is 6.20 Å². The molecule has 1 N–H and O–H groups in total. The van der Waals surface area contributed by atoms with Crippen molar-refractivity contribution in [1.82, 2.24) is 10.2 Å². The summed E-state index contributed by atoms with van der Waals surface area (Å²) in [7, 11) is 0. The van der Waals surface area contributed by atoms with Gasteiger partial charge in [-0.15, -0.1) is 0 Å². The summed E-state index contributed by atoms with van der Waals surface area (Å²) in [4.78, 5) is 0. The second kappa shape index (κ2) is 4.96. The number of allylic oxidation sites excluding steroid dienone is 2. The molecule has 1 heterocycles. The van der Waals surface area contributed by atoms with Crippen molar-refractivity contribution < 1.29 is 0 Å². The number of hydrogen-bond donors (Lipinski definition) is 1. The monoisotopic (exact) mass is 196 g/mol. The summed E-state index contributed by atoms with van der Waals surface area (Å²) >= 11 is 0. The van der Waals surface area contributed by atoms with E-state index in [9.17, 15) is 0 Å². The zero-order valence-corrected chi connectivity index (χ0v) is 8.30. The Balaban J connectivity index is 1.96. The fourth-order valence-electron chi connectivity index (χ4n) is 1.25. The van der Waals surface area contributed by atoms with Crippen LogP contribution in [-0.4, -0.2) is 10.2 Å². The van der Waals surface area contributed by atoms with E-state index >= 15 is 0 Å². The van der Waals surface area contributed by atoms with Crippen LogP contribution in [0.25, 0.3) is 12.2 Å². The third-order valence-electron chi connectivity index (χ3n) is 2.00. The molecule has 2 rings (SSSR count). The van der Waals surface area contributed by atoms with Crippen LogP contribution in [-0.2, 0) is 0 Å². The lowest BCUT2D eigenvalue weighted by Gasteiger charge is -1.88. The van der Waals surface area contributed by atoms with Crippen molar-refractivity contribution in [1.29, 1.82) is 0 Å². The summed E-state index contributed by atoms with van der Waals surface area (Å²) in [6, 6.07) is 12.1. The van der Waals surface area contributed by atoms with Gasteiger partial charge in [0.1, 0.15) is 0 Å². The number of aromatic nitrogens is 2. The maximum Gasteiger partial charge on any atom is 0.0577 e. The molecule has 1 aromatic heterocycles. The standard InChI is InChI=1S/C13H12N2/c1-2-6-12(7-3-1)8-4-5-9-13-10-11-14-15-13/h1-11H,(H,14,15). The summed E-state index contributed by atoms with van der Waals surface area (Å²) in [5.74, 6) is 0. The largest absolute Gasteiger partial charge is 0.278 e. The molecular weight excluding hydrogens is 184 g/mol.